The predicted octanol–water partition coefficient (Wildman–Crippen LogP) is 1.67. The molecule has 1 saturated carbocycles. The number of hydrogen-bond donors (Lipinski definition) is 0. The topological polar surface area (TPSA) is 53.3 Å². The lowest BCUT2D eigenvalue weighted by atomic mass is 9.96. The second-order valence-electron chi connectivity index (χ2n) is 4.21. The molecule has 1 heterocycles. The van der Waals surface area contributed by atoms with E-state index in [4.69, 9.17) is 9.47 Å². The number of rotatable bonds is 5. The van der Waals surface area contributed by atoms with Crippen LogP contribution in [0.15, 0.2) is 6.20 Å². The monoisotopic (exact) mass is 238 g/mol. The fourth-order valence-corrected chi connectivity index (χ4v) is 1.75. The number of ether oxygens (including phenoxy) is 2. The summed E-state index contributed by atoms with van der Waals surface area (Å²) in [6.45, 7) is 2.59. The van der Waals surface area contributed by atoms with Crippen molar-refractivity contribution in [1.29, 1.82) is 0 Å². The number of carbonyl (C=O) groups excluding carboxylic acids is 1. The van der Waals surface area contributed by atoms with Crippen LogP contribution in [-0.4, -0.2) is 28.5 Å². The first-order valence-corrected chi connectivity index (χ1v) is 6.02. The van der Waals surface area contributed by atoms with Crippen molar-refractivity contribution in [2.24, 2.45) is 7.05 Å². The quantitative estimate of drug-likeness (QED) is 0.732. The van der Waals surface area contributed by atoms with Crippen LogP contribution in [0.4, 0.5) is 0 Å². The second-order valence-corrected chi connectivity index (χ2v) is 4.21. The molecule has 1 fully saturated rings. The molecule has 0 N–H and O–H groups in total. The first-order chi connectivity index (χ1) is 8.22. The van der Waals surface area contributed by atoms with Gasteiger partial charge in [0.25, 0.3) is 0 Å². The van der Waals surface area contributed by atoms with Crippen LogP contribution >= 0.6 is 0 Å². The highest BCUT2D eigenvalue weighted by molar-refractivity contribution is 5.90. The van der Waals surface area contributed by atoms with Gasteiger partial charge in [-0.25, -0.2) is 4.79 Å². The molecule has 0 amide bonds. The minimum Gasteiger partial charge on any atom is -0.462 e. The third-order valence-corrected chi connectivity index (χ3v) is 3.06. The van der Waals surface area contributed by atoms with Gasteiger partial charge in [-0.2, -0.15) is 5.10 Å². The van der Waals surface area contributed by atoms with Gasteiger partial charge in [0, 0.05) is 7.05 Å². The molecule has 0 aliphatic heterocycles. The van der Waals surface area contributed by atoms with Crippen molar-refractivity contribution in [1.82, 2.24) is 9.78 Å². The maximum Gasteiger partial charge on any atom is 0.341 e. The zero-order valence-electron chi connectivity index (χ0n) is 10.3. The molecular weight excluding hydrogens is 220 g/mol. The van der Waals surface area contributed by atoms with E-state index >= 15 is 0 Å². The molecular formula is C12H18N2O3. The first-order valence-electron chi connectivity index (χ1n) is 6.02. The minimum absolute atomic E-state index is 0.326. The first kappa shape index (κ1) is 12.1. The summed E-state index contributed by atoms with van der Waals surface area (Å²) < 4.78 is 12.4. The van der Waals surface area contributed by atoms with Gasteiger partial charge in [-0.1, -0.05) is 0 Å². The molecule has 0 bridgehead atoms. The third-order valence-electron chi connectivity index (χ3n) is 3.06. The van der Waals surface area contributed by atoms with Gasteiger partial charge in [0.05, 0.1) is 31.2 Å². The average molecular weight is 238 g/mol. The van der Waals surface area contributed by atoms with Gasteiger partial charge in [0.15, 0.2) is 0 Å². The number of esters is 1. The van der Waals surface area contributed by atoms with Crippen molar-refractivity contribution in [2.75, 3.05) is 6.61 Å². The summed E-state index contributed by atoms with van der Waals surface area (Å²) in [6, 6.07) is 0. The zero-order valence-corrected chi connectivity index (χ0v) is 10.3. The summed E-state index contributed by atoms with van der Waals surface area (Å²) in [5, 5.41) is 4.08. The van der Waals surface area contributed by atoms with E-state index in [1.54, 1.807) is 11.6 Å². The zero-order chi connectivity index (χ0) is 12.3. The van der Waals surface area contributed by atoms with Crippen LogP contribution in [0.3, 0.4) is 0 Å². The van der Waals surface area contributed by atoms with E-state index in [0.29, 0.717) is 24.9 Å². The molecule has 0 aromatic carbocycles. The Labute approximate surface area is 101 Å². The van der Waals surface area contributed by atoms with Gasteiger partial charge in [-0.15, -0.1) is 0 Å². The van der Waals surface area contributed by atoms with Gasteiger partial charge >= 0.3 is 5.97 Å². The van der Waals surface area contributed by atoms with E-state index in [1.807, 2.05) is 7.05 Å². The summed E-state index contributed by atoms with van der Waals surface area (Å²) in [6.07, 6.45) is 5.36. The smallest absolute Gasteiger partial charge is 0.341 e. The van der Waals surface area contributed by atoms with Crippen LogP contribution in [0.25, 0.3) is 0 Å². The van der Waals surface area contributed by atoms with Crippen LogP contribution in [0.1, 0.15) is 42.2 Å². The molecule has 5 heteroatoms. The Morgan fingerprint density at radius 1 is 1.59 bits per heavy atom. The Morgan fingerprint density at radius 2 is 2.35 bits per heavy atom. The Hall–Kier alpha value is -1.36. The van der Waals surface area contributed by atoms with Gasteiger partial charge in [0.1, 0.15) is 5.56 Å². The van der Waals surface area contributed by atoms with Gasteiger partial charge in [-0.05, 0) is 26.2 Å². The molecule has 1 aromatic rings. The molecule has 2 rings (SSSR count). The maximum atomic E-state index is 11.7. The van der Waals surface area contributed by atoms with Crippen LogP contribution in [0.5, 0.6) is 0 Å². The predicted molar refractivity (Wildman–Crippen MR) is 61.6 cm³/mol. The van der Waals surface area contributed by atoms with Crippen LogP contribution in [0, 0.1) is 0 Å². The highest BCUT2D eigenvalue weighted by Crippen LogP contribution is 2.23. The SMILES string of the molecule is CCOC(=O)c1cnn(C)c1COC1CCC1. The van der Waals surface area contributed by atoms with Crippen molar-refractivity contribution in [2.45, 2.75) is 38.9 Å². The van der Waals surface area contributed by atoms with Crippen LogP contribution < -0.4 is 0 Å². The Balaban J connectivity index is 2.02. The van der Waals surface area contributed by atoms with Crippen molar-refractivity contribution < 1.29 is 14.3 Å². The number of carbonyl (C=O) groups is 1. The Morgan fingerprint density at radius 3 is 2.94 bits per heavy atom. The molecule has 1 aliphatic carbocycles. The van der Waals surface area contributed by atoms with Crippen molar-refractivity contribution in [3.8, 4) is 0 Å². The number of nitrogens with zero attached hydrogens (tertiary/aromatic N) is 2. The lowest BCUT2D eigenvalue weighted by Crippen LogP contribution is -2.22. The molecule has 0 spiro atoms. The van der Waals surface area contributed by atoms with Crippen molar-refractivity contribution in [3.63, 3.8) is 0 Å². The molecule has 94 valence electrons. The van der Waals surface area contributed by atoms with Crippen molar-refractivity contribution in [3.05, 3.63) is 17.5 Å². The molecule has 1 aliphatic rings. The van der Waals surface area contributed by atoms with Gasteiger partial charge < -0.3 is 9.47 Å². The van der Waals surface area contributed by atoms with E-state index in [-0.39, 0.29) is 5.97 Å². The van der Waals surface area contributed by atoms with E-state index in [9.17, 15) is 4.79 Å². The standard InChI is InChI=1S/C12H18N2O3/c1-3-16-12(15)10-7-13-14(2)11(10)8-17-9-5-4-6-9/h7,9H,3-6,8H2,1-2H3. The van der Waals surface area contributed by atoms with E-state index < -0.39 is 0 Å². The lowest BCUT2D eigenvalue weighted by molar-refractivity contribution is -0.0118. The fraction of sp³-hybridized carbons (Fsp3) is 0.667. The third kappa shape index (κ3) is 2.66. The Bertz CT molecular complexity index is 396. The molecule has 17 heavy (non-hydrogen) atoms. The number of hydrogen-bond acceptors (Lipinski definition) is 4. The molecule has 0 unspecified atom stereocenters. The lowest BCUT2D eigenvalue weighted by Gasteiger charge is -2.25. The Kier molecular flexibility index (Phi) is 3.78. The van der Waals surface area contributed by atoms with Gasteiger partial charge in [0.2, 0.25) is 0 Å². The van der Waals surface area contributed by atoms with Crippen molar-refractivity contribution >= 4 is 5.97 Å². The normalized spacial score (nSPS) is 15.6. The fourth-order valence-electron chi connectivity index (χ4n) is 1.75. The molecule has 0 radical (unpaired) electrons. The minimum atomic E-state index is -0.326. The summed E-state index contributed by atoms with van der Waals surface area (Å²) >= 11 is 0. The number of aromatic nitrogens is 2. The van der Waals surface area contributed by atoms with Gasteiger partial charge in [-0.3, -0.25) is 4.68 Å². The highest BCUT2D eigenvalue weighted by atomic mass is 16.5. The summed E-state index contributed by atoms with van der Waals surface area (Å²) in [4.78, 5) is 11.7. The maximum absolute atomic E-state index is 11.7. The highest BCUT2D eigenvalue weighted by Gasteiger charge is 2.21. The van der Waals surface area contributed by atoms with E-state index in [0.717, 1.165) is 18.5 Å². The number of aryl methyl sites for hydroxylation is 1. The molecule has 5 nitrogen and oxygen atoms in total. The summed E-state index contributed by atoms with van der Waals surface area (Å²) in [7, 11) is 1.81. The summed E-state index contributed by atoms with van der Waals surface area (Å²) in [5.74, 6) is -0.326. The van der Waals surface area contributed by atoms with Crippen LogP contribution in [-0.2, 0) is 23.1 Å². The summed E-state index contributed by atoms with van der Waals surface area (Å²) in [5.41, 5.74) is 1.30. The molecule has 1 aromatic heterocycles. The van der Waals surface area contributed by atoms with E-state index in [2.05, 4.69) is 5.10 Å². The molecule has 0 saturated heterocycles. The average Bonchev–Trinajstić information content (AvgIpc) is 2.59. The van der Waals surface area contributed by atoms with Crippen LogP contribution in [0.2, 0.25) is 0 Å². The largest absolute Gasteiger partial charge is 0.462 e. The molecule has 0 atom stereocenters. The van der Waals surface area contributed by atoms with E-state index in [1.165, 1.54) is 12.6 Å². The second kappa shape index (κ2) is 5.31.